The highest BCUT2D eigenvalue weighted by molar-refractivity contribution is 7.13. The third kappa shape index (κ3) is 3.95. The lowest BCUT2D eigenvalue weighted by molar-refractivity contribution is 0.0421. The molecule has 6 nitrogen and oxygen atoms in total. The summed E-state index contributed by atoms with van der Waals surface area (Å²) in [5.74, 6) is -0.456. The summed E-state index contributed by atoms with van der Waals surface area (Å²) in [6.07, 6.45) is 0. The minimum Gasteiger partial charge on any atom is -0.453 e. The maximum absolute atomic E-state index is 11.8. The molecule has 0 bridgehead atoms. The Labute approximate surface area is 137 Å². The molecule has 2 heterocycles. The second-order valence-electron chi connectivity index (χ2n) is 5.04. The van der Waals surface area contributed by atoms with Gasteiger partial charge in [0.15, 0.2) is 5.13 Å². The highest BCUT2D eigenvalue weighted by Gasteiger charge is 2.14. The summed E-state index contributed by atoms with van der Waals surface area (Å²) in [5, 5.41) is 9.45. The van der Waals surface area contributed by atoms with Gasteiger partial charge in [0.1, 0.15) is 6.61 Å². The molecule has 118 valence electrons. The summed E-state index contributed by atoms with van der Waals surface area (Å²) >= 11 is 1.45. The summed E-state index contributed by atoms with van der Waals surface area (Å²) in [4.78, 5) is 16.1. The van der Waals surface area contributed by atoms with Gasteiger partial charge in [-0.1, -0.05) is 22.9 Å². The molecule has 3 aromatic rings. The van der Waals surface area contributed by atoms with Gasteiger partial charge in [0.25, 0.3) is 0 Å². The topological polar surface area (TPSA) is 77.3 Å². The zero-order chi connectivity index (χ0) is 16.2. The maximum Gasteiger partial charge on any atom is 0.377 e. The van der Waals surface area contributed by atoms with E-state index < -0.39 is 5.97 Å². The van der Waals surface area contributed by atoms with Crippen molar-refractivity contribution in [2.24, 2.45) is 0 Å². The van der Waals surface area contributed by atoms with E-state index in [0.717, 1.165) is 10.8 Å². The number of hydrogen-bond donors (Lipinski definition) is 1. The van der Waals surface area contributed by atoms with Crippen LogP contribution in [-0.2, 0) is 11.3 Å². The number of benzene rings is 1. The Morgan fingerprint density at radius 3 is 2.78 bits per heavy atom. The average Bonchev–Trinajstić information content (AvgIpc) is 3.16. The molecular formula is C16H15N3O3S. The number of thiazole rings is 1. The first-order valence-electron chi connectivity index (χ1n) is 6.99. The molecule has 7 heteroatoms. The Bertz CT molecular complexity index is 808. The summed E-state index contributed by atoms with van der Waals surface area (Å²) in [7, 11) is 0. The molecule has 0 aliphatic rings. The summed E-state index contributed by atoms with van der Waals surface area (Å²) in [6, 6.07) is 9.56. The number of nitrogens with zero attached hydrogens (tertiary/aromatic N) is 2. The molecule has 0 radical (unpaired) electrons. The molecular weight excluding hydrogens is 314 g/mol. The van der Waals surface area contributed by atoms with Gasteiger partial charge in [-0.25, -0.2) is 9.78 Å². The maximum atomic E-state index is 11.8. The van der Waals surface area contributed by atoms with E-state index in [4.69, 9.17) is 9.26 Å². The zero-order valence-corrected chi connectivity index (χ0v) is 13.5. The average molecular weight is 329 g/mol. The third-order valence-corrected chi connectivity index (χ3v) is 3.84. The monoisotopic (exact) mass is 329 g/mol. The number of nitrogens with one attached hydrogen (secondary N) is 1. The molecule has 1 aromatic carbocycles. The van der Waals surface area contributed by atoms with Crippen LogP contribution in [0.2, 0.25) is 0 Å². The number of hydrogen-bond acceptors (Lipinski definition) is 7. The molecule has 23 heavy (non-hydrogen) atoms. The van der Waals surface area contributed by atoms with Crippen LogP contribution in [0.5, 0.6) is 0 Å². The first kappa shape index (κ1) is 15.2. The normalized spacial score (nSPS) is 10.5. The Morgan fingerprint density at radius 2 is 2.09 bits per heavy atom. The summed E-state index contributed by atoms with van der Waals surface area (Å²) in [5.41, 5.74) is 3.47. The Kier molecular flexibility index (Phi) is 4.38. The van der Waals surface area contributed by atoms with Crippen LogP contribution in [0.1, 0.15) is 27.5 Å². The Balaban J connectivity index is 1.57. The largest absolute Gasteiger partial charge is 0.453 e. The molecule has 0 saturated carbocycles. The molecule has 0 fully saturated rings. The van der Waals surface area contributed by atoms with E-state index in [9.17, 15) is 4.79 Å². The number of aryl methyl sites for hydroxylation is 2. The smallest absolute Gasteiger partial charge is 0.377 e. The number of rotatable bonds is 5. The molecule has 1 N–H and O–H groups in total. The highest BCUT2D eigenvalue weighted by atomic mass is 32.1. The lowest BCUT2D eigenvalue weighted by Crippen LogP contribution is -2.04. The number of anilines is 2. The van der Waals surface area contributed by atoms with Crippen LogP contribution in [0.15, 0.2) is 40.2 Å². The Morgan fingerprint density at radius 1 is 1.30 bits per heavy atom. The first-order chi connectivity index (χ1) is 11.1. The van der Waals surface area contributed by atoms with Crippen molar-refractivity contribution >= 4 is 28.1 Å². The second-order valence-corrected chi connectivity index (χ2v) is 5.90. The summed E-state index contributed by atoms with van der Waals surface area (Å²) < 4.78 is 10.0. The molecule has 3 rings (SSSR count). The minimum absolute atomic E-state index is 0.0880. The van der Waals surface area contributed by atoms with Crippen molar-refractivity contribution in [3.8, 4) is 0 Å². The summed E-state index contributed by atoms with van der Waals surface area (Å²) in [6.45, 7) is 3.87. The van der Waals surface area contributed by atoms with Crippen LogP contribution in [0.25, 0.3) is 0 Å². The lowest BCUT2D eigenvalue weighted by Gasteiger charge is -2.02. The molecule has 2 aromatic heterocycles. The fraction of sp³-hybridized carbons (Fsp3) is 0.188. The standard InChI is InChI=1S/C16H15N3O3S/c1-10-3-5-12(6-4-10)17-16-18-13(9-23-16)8-21-15(20)14-7-11(2)19-22-14/h3-7,9H,8H2,1-2H3,(H,17,18). The van der Waals surface area contributed by atoms with Gasteiger partial charge in [-0.2, -0.15) is 0 Å². The number of esters is 1. The van der Waals surface area contributed by atoms with Crippen LogP contribution < -0.4 is 5.32 Å². The molecule has 0 amide bonds. The lowest BCUT2D eigenvalue weighted by atomic mass is 10.2. The van der Waals surface area contributed by atoms with Crippen LogP contribution in [0.3, 0.4) is 0 Å². The molecule has 0 aliphatic heterocycles. The highest BCUT2D eigenvalue weighted by Crippen LogP contribution is 2.21. The van der Waals surface area contributed by atoms with E-state index in [-0.39, 0.29) is 12.4 Å². The predicted molar refractivity (Wildman–Crippen MR) is 86.9 cm³/mol. The Hall–Kier alpha value is -2.67. The zero-order valence-electron chi connectivity index (χ0n) is 12.7. The van der Waals surface area contributed by atoms with Gasteiger partial charge in [0.2, 0.25) is 5.76 Å². The van der Waals surface area contributed by atoms with Gasteiger partial charge in [0, 0.05) is 17.1 Å². The van der Waals surface area contributed by atoms with Crippen LogP contribution in [0.4, 0.5) is 10.8 Å². The van der Waals surface area contributed by atoms with Gasteiger partial charge < -0.3 is 14.6 Å². The van der Waals surface area contributed by atoms with Crippen molar-refractivity contribution in [3.05, 3.63) is 58.4 Å². The van der Waals surface area contributed by atoms with E-state index in [2.05, 4.69) is 15.5 Å². The minimum atomic E-state index is -0.549. The van der Waals surface area contributed by atoms with Gasteiger partial charge in [-0.15, -0.1) is 11.3 Å². The van der Waals surface area contributed by atoms with Crippen molar-refractivity contribution in [1.29, 1.82) is 0 Å². The van der Waals surface area contributed by atoms with Crippen molar-refractivity contribution in [2.45, 2.75) is 20.5 Å². The molecule has 0 unspecified atom stereocenters. The quantitative estimate of drug-likeness (QED) is 0.716. The van der Waals surface area contributed by atoms with E-state index in [1.807, 2.05) is 36.6 Å². The van der Waals surface area contributed by atoms with E-state index >= 15 is 0 Å². The van der Waals surface area contributed by atoms with Gasteiger partial charge in [-0.05, 0) is 26.0 Å². The van der Waals surface area contributed by atoms with Crippen LogP contribution in [-0.4, -0.2) is 16.1 Å². The number of carbonyl (C=O) groups is 1. The molecule has 0 atom stereocenters. The first-order valence-corrected chi connectivity index (χ1v) is 7.86. The van der Waals surface area contributed by atoms with Crippen molar-refractivity contribution < 1.29 is 14.1 Å². The predicted octanol–water partition coefficient (Wildman–Crippen LogP) is 3.85. The van der Waals surface area contributed by atoms with Crippen LogP contribution in [0, 0.1) is 13.8 Å². The van der Waals surface area contributed by atoms with Gasteiger partial charge in [-0.3, -0.25) is 0 Å². The number of carbonyl (C=O) groups excluding carboxylic acids is 1. The van der Waals surface area contributed by atoms with E-state index in [0.29, 0.717) is 11.4 Å². The number of aromatic nitrogens is 2. The SMILES string of the molecule is Cc1ccc(Nc2nc(COC(=O)c3cc(C)no3)cs2)cc1. The molecule has 0 aliphatic carbocycles. The third-order valence-electron chi connectivity index (χ3n) is 3.03. The second kappa shape index (κ2) is 6.62. The molecule has 0 saturated heterocycles. The van der Waals surface area contributed by atoms with Crippen molar-refractivity contribution in [2.75, 3.05) is 5.32 Å². The molecule has 0 spiro atoms. The van der Waals surface area contributed by atoms with Crippen LogP contribution >= 0.6 is 11.3 Å². The fourth-order valence-corrected chi connectivity index (χ4v) is 2.58. The van der Waals surface area contributed by atoms with Crippen molar-refractivity contribution in [3.63, 3.8) is 0 Å². The number of ether oxygens (including phenoxy) is 1. The van der Waals surface area contributed by atoms with Gasteiger partial charge in [0.05, 0.1) is 11.4 Å². The van der Waals surface area contributed by atoms with E-state index in [1.54, 1.807) is 6.92 Å². The van der Waals surface area contributed by atoms with E-state index in [1.165, 1.54) is 23.0 Å². The van der Waals surface area contributed by atoms with Gasteiger partial charge >= 0.3 is 5.97 Å². The fourth-order valence-electron chi connectivity index (χ4n) is 1.86. The van der Waals surface area contributed by atoms with Crippen molar-refractivity contribution in [1.82, 2.24) is 10.1 Å².